The maximum absolute atomic E-state index is 2.21. The average molecular weight is 415 g/mol. The molecule has 89 valence electrons. The fourth-order valence-corrected chi connectivity index (χ4v) is 3.35. The molecule has 0 heterocycles. The third-order valence-electron chi connectivity index (χ3n) is 1.68. The van der Waals surface area contributed by atoms with Gasteiger partial charge in [-0.3, -0.25) is 0 Å². The molecule has 0 unspecified atom stereocenters. The maximum Gasteiger partial charge on any atom is 0.357 e. The molecule has 2 aromatic carbocycles. The van der Waals surface area contributed by atoms with E-state index in [1.807, 2.05) is 13.8 Å². The van der Waals surface area contributed by atoms with E-state index in [1.54, 1.807) is 0 Å². The maximum atomic E-state index is 2.21. The summed E-state index contributed by atoms with van der Waals surface area (Å²) >= 11 is 0.0287. The zero-order valence-corrected chi connectivity index (χ0v) is 15.7. The van der Waals surface area contributed by atoms with Crippen LogP contribution >= 0.6 is 0 Å². The Morgan fingerprint density at radius 3 is 1.24 bits per heavy atom. The molecule has 2 aromatic rings. The van der Waals surface area contributed by atoms with Crippen LogP contribution in [0, 0.1) is 14.6 Å². The van der Waals surface area contributed by atoms with E-state index in [4.69, 9.17) is 0 Å². The van der Waals surface area contributed by atoms with E-state index in [1.165, 1.54) is 7.14 Å². The van der Waals surface area contributed by atoms with Gasteiger partial charge in [0.2, 0.25) is 0 Å². The first-order valence-corrected chi connectivity index (χ1v) is 7.36. The van der Waals surface area contributed by atoms with Gasteiger partial charge in [0.15, 0.2) is 7.14 Å². The van der Waals surface area contributed by atoms with Gasteiger partial charge in [0.1, 0.15) is 0 Å². The van der Waals surface area contributed by atoms with Crippen molar-refractivity contribution < 1.29 is 53.9 Å². The monoisotopic (exact) mass is 415 g/mol. The molecule has 0 aliphatic carbocycles. The Kier molecular flexibility index (Phi) is 14.7. The van der Waals surface area contributed by atoms with Crippen LogP contribution in [-0.2, 0) is 32.7 Å². The zero-order valence-electron chi connectivity index (χ0n) is 10.7. The van der Waals surface area contributed by atoms with Crippen LogP contribution < -0.4 is 21.2 Å². The summed E-state index contributed by atoms with van der Waals surface area (Å²) in [4.78, 5) is 0. The van der Waals surface area contributed by atoms with Crippen molar-refractivity contribution in [3.63, 3.8) is 0 Å². The molecule has 17 heavy (non-hydrogen) atoms. The summed E-state index contributed by atoms with van der Waals surface area (Å²) in [5.74, 6) is 0. The molecule has 0 atom stereocenters. The summed E-state index contributed by atoms with van der Waals surface area (Å²) in [5, 5.41) is 0. The van der Waals surface area contributed by atoms with Crippen LogP contribution in [0.25, 0.3) is 0 Å². The van der Waals surface area contributed by atoms with Gasteiger partial charge in [0.25, 0.3) is 0 Å². The molecule has 0 N–H and O–H groups in total. The second-order valence-corrected chi connectivity index (χ2v) is 5.72. The van der Waals surface area contributed by atoms with Crippen LogP contribution in [-0.4, -0.2) is 0 Å². The fraction of sp³-hybridized carbons (Fsp3) is 0.133. The predicted octanol–water partition coefficient (Wildman–Crippen LogP) is 1.29. The molecule has 0 bridgehead atoms. The molecule has 2 heteroatoms. The molecule has 0 amide bonds. The minimum Gasteiger partial charge on any atom is -0.358 e. The van der Waals surface area contributed by atoms with Crippen molar-refractivity contribution in [2.24, 2.45) is 0 Å². The molecule has 0 fully saturated rings. The molecule has 0 aliphatic heterocycles. The summed E-state index contributed by atoms with van der Waals surface area (Å²) in [7, 11) is 0. The van der Waals surface area contributed by atoms with E-state index in [9.17, 15) is 0 Å². The normalized spacial score (nSPS) is 7.88. The Balaban J connectivity index is 0. The molecule has 0 aromatic heterocycles. The van der Waals surface area contributed by atoms with E-state index in [0.29, 0.717) is 0 Å². The summed E-state index contributed by atoms with van der Waals surface area (Å²) < 4.78 is 2.96. The van der Waals surface area contributed by atoms with Crippen LogP contribution in [0.3, 0.4) is 0 Å². The second kappa shape index (κ2) is 12.7. The minimum absolute atomic E-state index is 0. The number of rotatable bonds is 2. The summed E-state index contributed by atoms with van der Waals surface area (Å²) in [6, 6.07) is 21.4. The van der Waals surface area contributed by atoms with Gasteiger partial charge in [-0.2, -0.15) is 0 Å². The summed E-state index contributed by atoms with van der Waals surface area (Å²) in [5.41, 5.74) is 0. The number of benzene rings is 2. The van der Waals surface area contributed by atoms with Gasteiger partial charge in [0, 0.05) is 32.7 Å². The molecule has 1 radical (unpaired) electrons. The van der Waals surface area contributed by atoms with Crippen LogP contribution in [0.2, 0.25) is 0 Å². The average Bonchev–Trinajstić information content (AvgIpc) is 2.34. The van der Waals surface area contributed by atoms with Gasteiger partial charge in [0.05, 0.1) is 0 Å². The first-order valence-electron chi connectivity index (χ1n) is 5.20. The Bertz CT molecular complexity index is 322. The van der Waals surface area contributed by atoms with Crippen LogP contribution in [0.1, 0.15) is 13.8 Å². The molecular formula is C15H19IY. The Hall–Kier alpha value is 0.274. The number of hydrogen-bond donors (Lipinski definition) is 0. The van der Waals surface area contributed by atoms with E-state index in [0.717, 1.165) is 0 Å². The summed E-state index contributed by atoms with van der Waals surface area (Å²) in [6.45, 7) is 4.00. The molecule has 0 nitrogen and oxygen atoms in total. The standard InChI is InChI=1S/C12H10I.C2H6.CH3.Y/c1-3-7-11(8-4-1)13-12-9-5-2-6-10-12;1-2;;/h1-10H;1-2H3;1H3;/q+1;;-1;. The van der Waals surface area contributed by atoms with Crippen molar-refractivity contribution in [2.75, 3.05) is 0 Å². The van der Waals surface area contributed by atoms with Gasteiger partial charge in [-0.05, 0) is 24.3 Å². The molecule has 2 rings (SSSR count). The van der Waals surface area contributed by atoms with Crippen LogP contribution in [0.15, 0.2) is 60.7 Å². The molecule has 0 aliphatic rings. The second-order valence-electron chi connectivity index (χ2n) is 2.69. The van der Waals surface area contributed by atoms with Gasteiger partial charge >= 0.3 is 21.2 Å². The van der Waals surface area contributed by atoms with Crippen molar-refractivity contribution in [3.05, 3.63) is 75.2 Å². The fourth-order valence-electron chi connectivity index (χ4n) is 1.08. The van der Waals surface area contributed by atoms with Gasteiger partial charge in [-0.1, -0.05) is 50.2 Å². The Morgan fingerprint density at radius 1 is 0.647 bits per heavy atom. The Morgan fingerprint density at radius 2 is 0.941 bits per heavy atom. The summed E-state index contributed by atoms with van der Waals surface area (Å²) in [6.07, 6.45) is 0. The smallest absolute Gasteiger partial charge is 0.357 e. The molecule has 0 saturated heterocycles. The largest absolute Gasteiger partial charge is 0.358 e. The van der Waals surface area contributed by atoms with Gasteiger partial charge in [-0.15, -0.1) is 0 Å². The van der Waals surface area contributed by atoms with E-state index < -0.39 is 0 Å². The van der Waals surface area contributed by atoms with Crippen LogP contribution in [0.4, 0.5) is 0 Å². The Labute approximate surface area is 141 Å². The van der Waals surface area contributed by atoms with E-state index in [-0.39, 0.29) is 61.3 Å². The minimum atomic E-state index is 0. The number of halogens is 1. The molecular weight excluding hydrogens is 396 g/mol. The van der Waals surface area contributed by atoms with E-state index >= 15 is 0 Å². The predicted molar refractivity (Wildman–Crippen MR) is 68.0 cm³/mol. The van der Waals surface area contributed by atoms with Crippen molar-refractivity contribution in [1.29, 1.82) is 0 Å². The van der Waals surface area contributed by atoms with Crippen molar-refractivity contribution in [3.8, 4) is 0 Å². The van der Waals surface area contributed by atoms with Gasteiger partial charge in [-0.25, -0.2) is 0 Å². The van der Waals surface area contributed by atoms with Crippen molar-refractivity contribution >= 4 is 0 Å². The third kappa shape index (κ3) is 8.07. The first-order chi connectivity index (χ1) is 7.45. The van der Waals surface area contributed by atoms with Crippen molar-refractivity contribution in [1.82, 2.24) is 0 Å². The SMILES string of the molecule is CC.[CH3-].[Y].c1ccc([I+]c2ccccc2)cc1. The van der Waals surface area contributed by atoms with Crippen molar-refractivity contribution in [2.45, 2.75) is 13.8 Å². The third-order valence-corrected chi connectivity index (χ3v) is 4.37. The topological polar surface area (TPSA) is 0 Å². The number of hydrogen-bond acceptors (Lipinski definition) is 0. The molecule has 0 saturated carbocycles. The quantitative estimate of drug-likeness (QED) is 0.513. The van der Waals surface area contributed by atoms with Crippen LogP contribution in [0.5, 0.6) is 0 Å². The molecule has 0 spiro atoms. The zero-order chi connectivity index (χ0) is 10.9. The van der Waals surface area contributed by atoms with Gasteiger partial charge < -0.3 is 7.43 Å². The van der Waals surface area contributed by atoms with E-state index in [2.05, 4.69) is 60.7 Å². The first kappa shape index (κ1) is 19.6.